The molecule has 0 radical (unpaired) electrons. The first-order valence-corrected chi connectivity index (χ1v) is 8.26. The highest BCUT2D eigenvalue weighted by molar-refractivity contribution is 5.78. The van der Waals surface area contributed by atoms with Crippen molar-refractivity contribution in [1.29, 1.82) is 0 Å². The lowest BCUT2D eigenvalue weighted by molar-refractivity contribution is -0.144. The van der Waals surface area contributed by atoms with Crippen LogP contribution in [0.25, 0.3) is 0 Å². The third kappa shape index (κ3) is 5.24. The average molecular weight is 298 g/mol. The molecule has 2 aliphatic rings. The first-order chi connectivity index (χ1) is 10.0. The van der Waals surface area contributed by atoms with Crippen LogP contribution in [-0.2, 0) is 9.53 Å². The van der Waals surface area contributed by atoms with Gasteiger partial charge in [0, 0.05) is 19.7 Å². The number of hydrogen-bond donors (Lipinski definition) is 2. The van der Waals surface area contributed by atoms with Gasteiger partial charge in [0.1, 0.15) is 5.54 Å². The number of ether oxygens (including phenoxy) is 1. The highest BCUT2D eigenvalue weighted by Crippen LogP contribution is 2.25. The van der Waals surface area contributed by atoms with Gasteiger partial charge in [-0.05, 0) is 64.5 Å². The molecule has 0 amide bonds. The number of aliphatic carboxylic acids is 1. The van der Waals surface area contributed by atoms with Gasteiger partial charge in [-0.25, -0.2) is 0 Å². The molecule has 2 rings (SSSR count). The number of nitrogens with one attached hydrogen (secondary N) is 1. The molecule has 0 spiro atoms. The van der Waals surface area contributed by atoms with E-state index in [0.717, 1.165) is 45.5 Å². The Morgan fingerprint density at radius 3 is 2.81 bits per heavy atom. The minimum Gasteiger partial charge on any atom is -0.480 e. The summed E-state index contributed by atoms with van der Waals surface area (Å²) in [6, 6.07) is 0.423. The van der Waals surface area contributed by atoms with E-state index in [-0.39, 0.29) is 0 Å². The number of carboxylic acids is 1. The Morgan fingerprint density at radius 2 is 2.19 bits per heavy atom. The van der Waals surface area contributed by atoms with Gasteiger partial charge in [-0.15, -0.1) is 0 Å². The third-order valence-corrected chi connectivity index (χ3v) is 4.73. The van der Waals surface area contributed by atoms with Gasteiger partial charge in [0.15, 0.2) is 0 Å². The predicted octanol–water partition coefficient (Wildman–Crippen LogP) is 1.72. The van der Waals surface area contributed by atoms with Crippen LogP contribution in [0.4, 0.5) is 0 Å². The minimum absolute atomic E-state index is 0.423. The topological polar surface area (TPSA) is 61.8 Å². The average Bonchev–Trinajstić information content (AvgIpc) is 3.23. The van der Waals surface area contributed by atoms with E-state index in [1.807, 2.05) is 6.92 Å². The summed E-state index contributed by atoms with van der Waals surface area (Å²) >= 11 is 0. The Balaban J connectivity index is 1.72. The molecule has 5 nitrogen and oxygen atoms in total. The van der Waals surface area contributed by atoms with Crippen LogP contribution in [0, 0.1) is 5.92 Å². The molecule has 0 aromatic carbocycles. The van der Waals surface area contributed by atoms with Crippen molar-refractivity contribution in [3.8, 4) is 0 Å². The number of hydrogen-bond acceptors (Lipinski definition) is 4. The summed E-state index contributed by atoms with van der Waals surface area (Å²) in [6.07, 6.45) is 6.35. The van der Waals surface area contributed by atoms with E-state index >= 15 is 0 Å². The zero-order valence-corrected chi connectivity index (χ0v) is 13.4. The van der Waals surface area contributed by atoms with Crippen molar-refractivity contribution in [2.24, 2.45) is 5.92 Å². The van der Waals surface area contributed by atoms with Crippen LogP contribution in [-0.4, -0.2) is 60.9 Å². The standard InChI is InChI=1S/C16H30N2O3/c1-16(15(19)20,17-14-6-7-14)8-4-10-18-9-3-5-13(11-18)12-21-2/h13-14,17H,3-12H2,1-2H3,(H,19,20). The third-order valence-electron chi connectivity index (χ3n) is 4.73. The molecule has 1 saturated carbocycles. The number of carbonyl (C=O) groups is 1. The van der Waals surface area contributed by atoms with Crippen molar-refractivity contribution in [3.05, 3.63) is 0 Å². The number of rotatable bonds is 9. The van der Waals surface area contributed by atoms with Crippen molar-refractivity contribution in [1.82, 2.24) is 10.2 Å². The zero-order chi connectivity index (χ0) is 15.3. The maximum absolute atomic E-state index is 11.5. The summed E-state index contributed by atoms with van der Waals surface area (Å²) in [5.41, 5.74) is -0.761. The molecule has 5 heteroatoms. The Labute approximate surface area is 128 Å². The molecular formula is C16H30N2O3. The van der Waals surface area contributed by atoms with Gasteiger partial charge in [0.25, 0.3) is 0 Å². The number of likely N-dealkylation sites (tertiary alicyclic amines) is 1. The Bertz CT molecular complexity index is 344. The Hall–Kier alpha value is -0.650. The zero-order valence-electron chi connectivity index (χ0n) is 13.4. The number of nitrogens with zero attached hydrogens (tertiary/aromatic N) is 1. The molecule has 0 aromatic heterocycles. The molecule has 21 heavy (non-hydrogen) atoms. The maximum Gasteiger partial charge on any atom is 0.323 e. The SMILES string of the molecule is COCC1CCCN(CCCC(C)(NC2CC2)C(=O)O)C1. The van der Waals surface area contributed by atoms with Gasteiger partial charge in [0.05, 0.1) is 6.61 Å². The smallest absolute Gasteiger partial charge is 0.323 e. The van der Waals surface area contributed by atoms with Gasteiger partial charge < -0.3 is 14.7 Å². The predicted molar refractivity (Wildman–Crippen MR) is 82.5 cm³/mol. The lowest BCUT2D eigenvalue weighted by atomic mass is 9.94. The second-order valence-electron chi connectivity index (χ2n) is 6.92. The van der Waals surface area contributed by atoms with Crippen LogP contribution < -0.4 is 5.32 Å². The Kier molecular flexibility index (Phi) is 6.02. The molecule has 2 unspecified atom stereocenters. The molecule has 1 saturated heterocycles. The molecule has 1 aliphatic heterocycles. The Morgan fingerprint density at radius 1 is 1.43 bits per heavy atom. The molecule has 2 N–H and O–H groups in total. The normalized spacial score (nSPS) is 26.5. The summed E-state index contributed by atoms with van der Waals surface area (Å²) in [4.78, 5) is 14.0. The molecule has 2 atom stereocenters. The van der Waals surface area contributed by atoms with Crippen LogP contribution in [0.5, 0.6) is 0 Å². The highest BCUT2D eigenvalue weighted by Gasteiger charge is 2.38. The quantitative estimate of drug-likeness (QED) is 0.679. The van der Waals surface area contributed by atoms with E-state index in [4.69, 9.17) is 4.74 Å². The number of carboxylic acid groups (broad SMARTS) is 1. The van der Waals surface area contributed by atoms with Crippen LogP contribution in [0.15, 0.2) is 0 Å². The summed E-state index contributed by atoms with van der Waals surface area (Å²) in [7, 11) is 1.76. The van der Waals surface area contributed by atoms with Crippen LogP contribution >= 0.6 is 0 Å². The fourth-order valence-electron chi connectivity index (χ4n) is 3.30. The van der Waals surface area contributed by atoms with Gasteiger partial charge in [-0.3, -0.25) is 10.1 Å². The molecular weight excluding hydrogens is 268 g/mol. The van der Waals surface area contributed by atoms with E-state index in [1.165, 1.54) is 12.8 Å². The van der Waals surface area contributed by atoms with Crippen molar-refractivity contribution in [3.63, 3.8) is 0 Å². The summed E-state index contributed by atoms with van der Waals surface area (Å²) in [5, 5.41) is 12.8. The lowest BCUT2D eigenvalue weighted by Crippen LogP contribution is -2.51. The van der Waals surface area contributed by atoms with E-state index in [2.05, 4.69) is 10.2 Å². The highest BCUT2D eigenvalue weighted by atomic mass is 16.5. The van der Waals surface area contributed by atoms with Gasteiger partial charge >= 0.3 is 5.97 Å². The fourth-order valence-corrected chi connectivity index (χ4v) is 3.30. The van der Waals surface area contributed by atoms with E-state index in [9.17, 15) is 9.90 Å². The molecule has 1 aliphatic carbocycles. The lowest BCUT2D eigenvalue weighted by Gasteiger charge is -2.33. The van der Waals surface area contributed by atoms with Crippen LogP contribution in [0.2, 0.25) is 0 Å². The molecule has 2 fully saturated rings. The fraction of sp³-hybridized carbons (Fsp3) is 0.938. The van der Waals surface area contributed by atoms with Gasteiger partial charge in [0.2, 0.25) is 0 Å². The largest absolute Gasteiger partial charge is 0.480 e. The molecule has 1 heterocycles. The molecule has 0 aromatic rings. The van der Waals surface area contributed by atoms with Crippen molar-refractivity contribution in [2.45, 2.75) is 57.0 Å². The second kappa shape index (κ2) is 7.56. The second-order valence-corrected chi connectivity index (χ2v) is 6.92. The van der Waals surface area contributed by atoms with E-state index in [1.54, 1.807) is 7.11 Å². The van der Waals surface area contributed by atoms with E-state index < -0.39 is 11.5 Å². The monoisotopic (exact) mass is 298 g/mol. The van der Waals surface area contributed by atoms with Crippen LogP contribution in [0.3, 0.4) is 0 Å². The molecule has 122 valence electrons. The first kappa shape index (κ1) is 16.7. The van der Waals surface area contributed by atoms with Crippen molar-refractivity contribution < 1.29 is 14.6 Å². The summed E-state index contributed by atoms with van der Waals surface area (Å²) in [6.45, 7) is 5.90. The number of piperidine rings is 1. The van der Waals surface area contributed by atoms with Crippen LogP contribution in [0.1, 0.15) is 45.4 Å². The van der Waals surface area contributed by atoms with Crippen molar-refractivity contribution >= 4 is 5.97 Å². The number of methoxy groups -OCH3 is 1. The van der Waals surface area contributed by atoms with Gasteiger partial charge in [-0.1, -0.05) is 0 Å². The summed E-state index contributed by atoms with van der Waals surface area (Å²) < 4.78 is 5.26. The molecule has 0 bridgehead atoms. The van der Waals surface area contributed by atoms with Gasteiger partial charge in [-0.2, -0.15) is 0 Å². The maximum atomic E-state index is 11.5. The first-order valence-electron chi connectivity index (χ1n) is 8.26. The van der Waals surface area contributed by atoms with E-state index in [0.29, 0.717) is 18.4 Å². The summed E-state index contributed by atoms with van der Waals surface area (Å²) in [5.74, 6) is -0.0792. The minimum atomic E-state index is -0.761. The van der Waals surface area contributed by atoms with Crippen molar-refractivity contribution in [2.75, 3.05) is 33.4 Å².